The lowest BCUT2D eigenvalue weighted by Crippen LogP contribution is -2.43. The first-order chi connectivity index (χ1) is 14.4. The number of aryl methyl sites for hydroxylation is 1. The van der Waals surface area contributed by atoms with Gasteiger partial charge in [0.25, 0.3) is 5.56 Å². The van der Waals surface area contributed by atoms with E-state index in [4.69, 9.17) is 4.74 Å². The Hall–Kier alpha value is -2.94. The van der Waals surface area contributed by atoms with Crippen LogP contribution in [0.4, 0.5) is 5.13 Å². The summed E-state index contributed by atoms with van der Waals surface area (Å²) in [7, 11) is 0. The molecular formula is C21H25N5O3S. The van der Waals surface area contributed by atoms with E-state index in [9.17, 15) is 9.59 Å². The van der Waals surface area contributed by atoms with Crippen LogP contribution in [0.1, 0.15) is 37.9 Å². The molecule has 1 fully saturated rings. The summed E-state index contributed by atoms with van der Waals surface area (Å²) in [5.41, 5.74) is 1.47. The number of rotatable bonds is 6. The highest BCUT2D eigenvalue weighted by Gasteiger charge is 2.33. The van der Waals surface area contributed by atoms with E-state index >= 15 is 0 Å². The average Bonchev–Trinajstić information content (AvgIpc) is 3.33. The summed E-state index contributed by atoms with van der Waals surface area (Å²) in [6, 6.07) is 8.90. The zero-order valence-electron chi connectivity index (χ0n) is 17.3. The fraction of sp³-hybridized carbons (Fsp3) is 0.429. The summed E-state index contributed by atoms with van der Waals surface area (Å²) in [5.74, 6) is 0.780. The van der Waals surface area contributed by atoms with Crippen molar-refractivity contribution in [3.8, 4) is 5.75 Å². The predicted octanol–water partition coefficient (Wildman–Crippen LogP) is 2.53. The molecule has 1 unspecified atom stereocenters. The number of ether oxygens (including phenoxy) is 1. The topological polar surface area (TPSA) is 88.8 Å². The fourth-order valence-corrected chi connectivity index (χ4v) is 4.59. The number of aromatic nitrogens is 3. The summed E-state index contributed by atoms with van der Waals surface area (Å²) >= 11 is 1.34. The molecule has 1 amide bonds. The van der Waals surface area contributed by atoms with Crippen molar-refractivity contribution in [2.45, 2.75) is 52.3 Å². The Morgan fingerprint density at radius 1 is 1.33 bits per heavy atom. The lowest BCUT2D eigenvalue weighted by Gasteiger charge is -2.22. The van der Waals surface area contributed by atoms with Crippen LogP contribution in [0.5, 0.6) is 5.75 Å². The molecule has 0 spiro atoms. The third-order valence-electron chi connectivity index (χ3n) is 4.93. The Morgan fingerprint density at radius 2 is 2.10 bits per heavy atom. The lowest BCUT2D eigenvalue weighted by atomic mass is 10.2. The van der Waals surface area contributed by atoms with E-state index in [1.165, 1.54) is 21.9 Å². The van der Waals surface area contributed by atoms with Gasteiger partial charge >= 0.3 is 0 Å². The molecule has 1 saturated heterocycles. The second-order valence-corrected chi connectivity index (χ2v) is 8.63. The first kappa shape index (κ1) is 20.3. The maximum atomic E-state index is 12.9. The van der Waals surface area contributed by atoms with E-state index < -0.39 is 0 Å². The number of amides is 1. The van der Waals surface area contributed by atoms with Crippen LogP contribution in [0, 0.1) is 6.92 Å². The van der Waals surface area contributed by atoms with Crippen molar-refractivity contribution in [2.24, 2.45) is 0 Å². The number of hydrogen-bond acceptors (Lipinski definition) is 7. The van der Waals surface area contributed by atoms with E-state index in [2.05, 4.69) is 15.4 Å². The van der Waals surface area contributed by atoms with Gasteiger partial charge in [-0.1, -0.05) is 23.5 Å². The van der Waals surface area contributed by atoms with Crippen LogP contribution in [0.25, 0.3) is 4.96 Å². The van der Waals surface area contributed by atoms with Crippen molar-refractivity contribution in [3.05, 3.63) is 51.9 Å². The highest BCUT2D eigenvalue weighted by molar-refractivity contribution is 7.20. The summed E-state index contributed by atoms with van der Waals surface area (Å²) in [4.78, 5) is 31.9. The minimum atomic E-state index is -0.300. The highest BCUT2D eigenvalue weighted by atomic mass is 32.1. The van der Waals surface area contributed by atoms with E-state index in [1.807, 2.05) is 43.0 Å². The van der Waals surface area contributed by atoms with Crippen LogP contribution < -0.4 is 20.5 Å². The number of anilines is 1. The Labute approximate surface area is 178 Å². The first-order valence-electron chi connectivity index (χ1n) is 10.1. The number of nitrogens with zero attached hydrogens (tertiary/aromatic N) is 4. The summed E-state index contributed by atoms with van der Waals surface area (Å²) in [5, 5.41) is 8.09. The summed E-state index contributed by atoms with van der Waals surface area (Å²) in [6.07, 6.45) is 1.78. The number of nitrogens with one attached hydrogen (secondary N) is 1. The van der Waals surface area contributed by atoms with Crippen molar-refractivity contribution in [1.82, 2.24) is 19.9 Å². The molecule has 0 bridgehead atoms. The number of benzene rings is 1. The van der Waals surface area contributed by atoms with Gasteiger partial charge in [-0.3, -0.25) is 9.59 Å². The van der Waals surface area contributed by atoms with Gasteiger partial charge in [0.2, 0.25) is 16.0 Å². The number of carbonyl (C=O) groups excluding carboxylic acids is 1. The third kappa shape index (κ3) is 4.30. The molecular weight excluding hydrogens is 402 g/mol. The summed E-state index contributed by atoms with van der Waals surface area (Å²) < 4.78 is 6.96. The highest BCUT2D eigenvalue weighted by Crippen LogP contribution is 2.29. The Balaban J connectivity index is 1.44. The van der Waals surface area contributed by atoms with Crippen LogP contribution in [0.2, 0.25) is 0 Å². The van der Waals surface area contributed by atoms with Gasteiger partial charge in [-0.2, -0.15) is 4.52 Å². The zero-order chi connectivity index (χ0) is 21.3. The van der Waals surface area contributed by atoms with Crippen LogP contribution in [0.3, 0.4) is 0 Å². The Bertz CT molecular complexity index is 1110. The monoisotopic (exact) mass is 427 g/mol. The molecule has 30 heavy (non-hydrogen) atoms. The molecule has 0 radical (unpaired) electrons. The normalized spacial score (nSPS) is 16.4. The molecule has 9 heteroatoms. The lowest BCUT2D eigenvalue weighted by molar-refractivity contribution is -0.122. The molecule has 158 valence electrons. The van der Waals surface area contributed by atoms with Crippen molar-refractivity contribution in [3.63, 3.8) is 0 Å². The second kappa shape index (κ2) is 8.43. The maximum Gasteiger partial charge on any atom is 0.275 e. The minimum Gasteiger partial charge on any atom is -0.491 e. The molecule has 1 aliphatic heterocycles. The molecule has 1 aliphatic rings. The summed E-state index contributed by atoms with van der Waals surface area (Å²) in [6.45, 7) is 6.94. The quantitative estimate of drug-likeness (QED) is 0.650. The van der Waals surface area contributed by atoms with Gasteiger partial charge in [-0.25, -0.2) is 4.98 Å². The van der Waals surface area contributed by atoms with Gasteiger partial charge in [-0.05, 0) is 51.3 Å². The minimum absolute atomic E-state index is 0.0363. The van der Waals surface area contributed by atoms with Crippen LogP contribution in [-0.2, 0) is 11.3 Å². The molecule has 3 heterocycles. The van der Waals surface area contributed by atoms with Gasteiger partial charge < -0.3 is 15.0 Å². The molecule has 3 aromatic rings. The molecule has 1 N–H and O–H groups in total. The molecule has 4 rings (SSSR count). The van der Waals surface area contributed by atoms with E-state index in [0.717, 1.165) is 30.7 Å². The van der Waals surface area contributed by atoms with Gasteiger partial charge in [0.05, 0.1) is 6.10 Å². The van der Waals surface area contributed by atoms with Crippen molar-refractivity contribution >= 4 is 27.3 Å². The van der Waals surface area contributed by atoms with Crippen LogP contribution in [-0.4, -0.2) is 39.2 Å². The second-order valence-electron chi connectivity index (χ2n) is 7.69. The van der Waals surface area contributed by atoms with Gasteiger partial charge in [-0.15, -0.1) is 5.10 Å². The molecule has 0 saturated carbocycles. The molecule has 1 aromatic carbocycles. The fourth-order valence-electron chi connectivity index (χ4n) is 3.56. The Kier molecular flexibility index (Phi) is 5.72. The standard InChI is InChI=1S/C21H25N5O3S/c1-13(2)29-16-8-6-15(7-9-16)12-22-19(28)17-5-4-10-25(17)21-24-26-18(27)11-14(3)23-20(26)30-21/h6-9,11,13,17H,4-5,10,12H2,1-3H3,(H,22,28). The van der Waals surface area contributed by atoms with Crippen molar-refractivity contribution in [2.75, 3.05) is 11.4 Å². The van der Waals surface area contributed by atoms with Crippen LogP contribution >= 0.6 is 11.3 Å². The average molecular weight is 428 g/mol. The Morgan fingerprint density at radius 3 is 2.83 bits per heavy atom. The zero-order valence-corrected chi connectivity index (χ0v) is 18.1. The smallest absolute Gasteiger partial charge is 0.275 e. The van der Waals surface area contributed by atoms with E-state index in [1.54, 1.807) is 6.92 Å². The van der Waals surface area contributed by atoms with Crippen molar-refractivity contribution < 1.29 is 9.53 Å². The SMILES string of the molecule is Cc1cc(=O)n2nc(N3CCCC3C(=O)NCc3ccc(OC(C)C)cc3)sc2n1. The first-order valence-corrected chi connectivity index (χ1v) is 10.9. The molecule has 1 atom stereocenters. The van der Waals surface area contributed by atoms with Gasteiger partial charge in [0.1, 0.15) is 11.8 Å². The number of hydrogen-bond donors (Lipinski definition) is 1. The predicted molar refractivity (Wildman–Crippen MR) is 116 cm³/mol. The molecule has 8 nitrogen and oxygen atoms in total. The van der Waals surface area contributed by atoms with Gasteiger partial charge in [0.15, 0.2) is 0 Å². The number of fused-ring (bicyclic) bond motifs is 1. The van der Waals surface area contributed by atoms with E-state index in [0.29, 0.717) is 22.3 Å². The van der Waals surface area contributed by atoms with E-state index in [-0.39, 0.29) is 23.6 Å². The number of carbonyl (C=O) groups is 1. The third-order valence-corrected chi connectivity index (χ3v) is 5.87. The molecule has 2 aromatic heterocycles. The van der Waals surface area contributed by atoms with Gasteiger partial charge in [0, 0.05) is 24.8 Å². The maximum absolute atomic E-state index is 12.9. The van der Waals surface area contributed by atoms with Crippen LogP contribution in [0.15, 0.2) is 35.1 Å². The largest absolute Gasteiger partial charge is 0.491 e. The van der Waals surface area contributed by atoms with Crippen molar-refractivity contribution in [1.29, 1.82) is 0 Å². The molecule has 0 aliphatic carbocycles.